The number of hydrogen-bond donors (Lipinski definition) is 2. The van der Waals surface area contributed by atoms with Crippen molar-refractivity contribution in [1.29, 1.82) is 5.26 Å². The van der Waals surface area contributed by atoms with E-state index in [0.717, 1.165) is 5.56 Å². The summed E-state index contributed by atoms with van der Waals surface area (Å²) in [6.07, 6.45) is 1.59. The minimum Gasteiger partial charge on any atom is -0.322 e. The first kappa shape index (κ1) is 16.0. The Morgan fingerprint density at radius 2 is 1.83 bits per heavy atom. The van der Waals surface area contributed by atoms with Crippen molar-refractivity contribution in [3.05, 3.63) is 71.4 Å². The maximum absolute atomic E-state index is 12.4. The van der Waals surface area contributed by atoms with Gasteiger partial charge in [0.1, 0.15) is 5.70 Å². The third-order valence-electron chi connectivity index (χ3n) is 2.92. The highest BCUT2D eigenvalue weighted by atomic mass is 16.2. The zero-order valence-corrected chi connectivity index (χ0v) is 12.5. The monoisotopic (exact) mass is 305 g/mol. The molecule has 23 heavy (non-hydrogen) atoms. The number of rotatable bonds is 4. The summed E-state index contributed by atoms with van der Waals surface area (Å²) in [5, 5.41) is 14.1. The standard InChI is InChI=1S/C18H15N3O2/c1-13(22)20-17(11-14-6-3-2-4-7-14)18(23)21-16-9-5-8-15(10-16)12-19/h2-11H,1H3,(H,20,22)(H,21,23). The summed E-state index contributed by atoms with van der Waals surface area (Å²) in [7, 11) is 0. The Kier molecular flexibility index (Phi) is 5.26. The van der Waals surface area contributed by atoms with Crippen LogP contribution in [0.3, 0.4) is 0 Å². The Morgan fingerprint density at radius 3 is 2.48 bits per heavy atom. The Hall–Kier alpha value is -3.39. The van der Waals surface area contributed by atoms with Crippen molar-refractivity contribution < 1.29 is 9.59 Å². The Morgan fingerprint density at radius 1 is 1.09 bits per heavy atom. The predicted octanol–water partition coefficient (Wildman–Crippen LogP) is 2.67. The summed E-state index contributed by atoms with van der Waals surface area (Å²) in [6.45, 7) is 1.34. The summed E-state index contributed by atoms with van der Waals surface area (Å²) < 4.78 is 0. The van der Waals surface area contributed by atoms with Crippen molar-refractivity contribution in [3.8, 4) is 6.07 Å². The zero-order valence-electron chi connectivity index (χ0n) is 12.5. The van der Waals surface area contributed by atoms with Gasteiger partial charge in [-0.25, -0.2) is 0 Å². The molecular formula is C18H15N3O2. The van der Waals surface area contributed by atoms with Crippen LogP contribution in [0.25, 0.3) is 6.08 Å². The van der Waals surface area contributed by atoms with Crippen LogP contribution < -0.4 is 10.6 Å². The molecule has 0 aromatic heterocycles. The van der Waals surface area contributed by atoms with Gasteiger partial charge in [0.25, 0.3) is 5.91 Å². The molecule has 0 saturated carbocycles. The lowest BCUT2D eigenvalue weighted by Gasteiger charge is -2.10. The predicted molar refractivity (Wildman–Crippen MR) is 88.0 cm³/mol. The molecule has 5 nitrogen and oxygen atoms in total. The third-order valence-corrected chi connectivity index (χ3v) is 2.92. The normalized spacial score (nSPS) is 10.5. The van der Waals surface area contributed by atoms with Crippen molar-refractivity contribution in [3.63, 3.8) is 0 Å². The quantitative estimate of drug-likeness (QED) is 0.852. The van der Waals surface area contributed by atoms with Crippen molar-refractivity contribution in [2.24, 2.45) is 0 Å². The van der Waals surface area contributed by atoms with E-state index in [9.17, 15) is 9.59 Å². The van der Waals surface area contributed by atoms with Crippen LogP contribution in [0.5, 0.6) is 0 Å². The number of nitrogens with zero attached hydrogens (tertiary/aromatic N) is 1. The highest BCUT2D eigenvalue weighted by Gasteiger charge is 2.11. The van der Waals surface area contributed by atoms with E-state index in [2.05, 4.69) is 10.6 Å². The molecule has 0 unspecified atom stereocenters. The zero-order chi connectivity index (χ0) is 16.7. The molecule has 5 heteroatoms. The maximum atomic E-state index is 12.4. The highest BCUT2D eigenvalue weighted by molar-refractivity contribution is 6.08. The fourth-order valence-corrected chi connectivity index (χ4v) is 1.93. The first-order valence-corrected chi connectivity index (χ1v) is 6.94. The molecule has 2 aromatic carbocycles. The molecular weight excluding hydrogens is 290 g/mol. The van der Waals surface area contributed by atoms with Crippen LogP contribution in [0.4, 0.5) is 5.69 Å². The van der Waals surface area contributed by atoms with Gasteiger partial charge in [-0.05, 0) is 29.8 Å². The van der Waals surface area contributed by atoms with E-state index in [1.54, 1.807) is 30.3 Å². The molecule has 0 radical (unpaired) electrons. The van der Waals surface area contributed by atoms with Crippen LogP contribution in [-0.4, -0.2) is 11.8 Å². The molecule has 114 valence electrons. The molecule has 0 aliphatic carbocycles. The first-order chi connectivity index (χ1) is 11.1. The van der Waals surface area contributed by atoms with Crippen molar-refractivity contribution >= 4 is 23.6 Å². The molecule has 2 amide bonds. The van der Waals surface area contributed by atoms with Gasteiger partial charge >= 0.3 is 0 Å². The SMILES string of the molecule is CC(=O)NC(=Cc1ccccc1)C(=O)Nc1cccc(C#N)c1. The van der Waals surface area contributed by atoms with Crippen LogP contribution in [0.1, 0.15) is 18.1 Å². The summed E-state index contributed by atoms with van der Waals surface area (Å²) in [4.78, 5) is 23.7. The third kappa shape index (κ3) is 4.83. The minimum atomic E-state index is -0.459. The second-order valence-corrected chi connectivity index (χ2v) is 4.80. The van der Waals surface area contributed by atoms with Crippen LogP contribution in [0.2, 0.25) is 0 Å². The largest absolute Gasteiger partial charge is 0.322 e. The van der Waals surface area contributed by atoms with Crippen molar-refractivity contribution in [1.82, 2.24) is 5.32 Å². The molecule has 2 N–H and O–H groups in total. The van der Waals surface area contributed by atoms with Gasteiger partial charge in [-0.2, -0.15) is 5.26 Å². The number of anilines is 1. The number of nitrogens with one attached hydrogen (secondary N) is 2. The number of carbonyl (C=O) groups excluding carboxylic acids is 2. The molecule has 2 aromatic rings. The van der Waals surface area contributed by atoms with Gasteiger partial charge in [0, 0.05) is 12.6 Å². The summed E-state index contributed by atoms with van der Waals surface area (Å²) in [5.41, 5.74) is 1.84. The Labute approximate surface area is 134 Å². The number of carbonyl (C=O) groups is 2. The molecule has 0 bridgehead atoms. The number of nitriles is 1. The van der Waals surface area contributed by atoms with Crippen LogP contribution in [0.15, 0.2) is 60.3 Å². The number of amides is 2. The minimum absolute atomic E-state index is 0.131. The first-order valence-electron chi connectivity index (χ1n) is 6.94. The average Bonchev–Trinajstić information content (AvgIpc) is 2.55. The van der Waals surface area contributed by atoms with Gasteiger partial charge in [-0.15, -0.1) is 0 Å². The van der Waals surface area contributed by atoms with E-state index in [1.165, 1.54) is 6.92 Å². The molecule has 0 aliphatic rings. The fourth-order valence-electron chi connectivity index (χ4n) is 1.93. The van der Waals surface area contributed by atoms with Gasteiger partial charge in [0.05, 0.1) is 11.6 Å². The molecule has 0 saturated heterocycles. The van der Waals surface area contributed by atoms with Gasteiger partial charge in [0.2, 0.25) is 5.91 Å². The van der Waals surface area contributed by atoms with E-state index >= 15 is 0 Å². The summed E-state index contributed by atoms with van der Waals surface area (Å²) in [5.74, 6) is -0.799. The van der Waals surface area contributed by atoms with E-state index in [0.29, 0.717) is 11.3 Å². The van der Waals surface area contributed by atoms with E-state index in [1.807, 2.05) is 36.4 Å². The molecule has 2 rings (SSSR count). The molecule has 0 heterocycles. The number of benzene rings is 2. The van der Waals surface area contributed by atoms with E-state index in [4.69, 9.17) is 5.26 Å². The Balaban J connectivity index is 2.25. The fraction of sp³-hybridized carbons (Fsp3) is 0.0556. The topological polar surface area (TPSA) is 82.0 Å². The van der Waals surface area contributed by atoms with Gasteiger partial charge < -0.3 is 10.6 Å². The van der Waals surface area contributed by atoms with Crippen molar-refractivity contribution in [2.75, 3.05) is 5.32 Å². The van der Waals surface area contributed by atoms with Gasteiger partial charge in [0.15, 0.2) is 0 Å². The second kappa shape index (κ2) is 7.57. The van der Waals surface area contributed by atoms with E-state index < -0.39 is 5.91 Å². The molecule has 0 atom stereocenters. The lowest BCUT2D eigenvalue weighted by atomic mass is 10.1. The number of hydrogen-bond acceptors (Lipinski definition) is 3. The second-order valence-electron chi connectivity index (χ2n) is 4.80. The average molecular weight is 305 g/mol. The Bertz CT molecular complexity index is 789. The lowest BCUT2D eigenvalue weighted by molar-refractivity contribution is -0.120. The van der Waals surface area contributed by atoms with Crippen LogP contribution in [-0.2, 0) is 9.59 Å². The van der Waals surface area contributed by atoms with E-state index in [-0.39, 0.29) is 11.6 Å². The summed E-state index contributed by atoms with van der Waals surface area (Å²) >= 11 is 0. The molecule has 0 spiro atoms. The highest BCUT2D eigenvalue weighted by Crippen LogP contribution is 2.12. The summed E-state index contributed by atoms with van der Waals surface area (Å²) in [6, 6.07) is 17.7. The van der Waals surface area contributed by atoms with Gasteiger partial charge in [-0.3, -0.25) is 9.59 Å². The lowest BCUT2D eigenvalue weighted by Crippen LogP contribution is -2.28. The van der Waals surface area contributed by atoms with Crippen LogP contribution >= 0.6 is 0 Å². The van der Waals surface area contributed by atoms with Crippen molar-refractivity contribution in [2.45, 2.75) is 6.92 Å². The molecule has 0 fully saturated rings. The molecule has 0 aliphatic heterocycles. The van der Waals surface area contributed by atoms with Crippen LogP contribution in [0, 0.1) is 11.3 Å². The van der Waals surface area contributed by atoms with Gasteiger partial charge in [-0.1, -0.05) is 36.4 Å². The maximum Gasteiger partial charge on any atom is 0.272 e. The smallest absolute Gasteiger partial charge is 0.272 e.